The van der Waals surface area contributed by atoms with E-state index >= 15 is 0 Å². The Morgan fingerprint density at radius 3 is 2.20 bits per heavy atom. The number of azo groups is 1. The summed E-state index contributed by atoms with van der Waals surface area (Å²) in [7, 11) is 0. The highest BCUT2D eigenvalue weighted by atomic mass is 35.5. The molecule has 0 aromatic rings. The van der Waals surface area contributed by atoms with E-state index in [1.54, 1.807) is 13.8 Å². The van der Waals surface area contributed by atoms with Gasteiger partial charge >= 0.3 is 5.97 Å². The van der Waals surface area contributed by atoms with Crippen LogP contribution in [0.1, 0.15) is 41.0 Å². The highest BCUT2D eigenvalue weighted by Crippen LogP contribution is 2.24. The van der Waals surface area contributed by atoms with Gasteiger partial charge in [-0.15, -0.1) is 0 Å². The minimum atomic E-state index is -1.01. The Kier molecular flexibility index (Phi) is 5.21. The van der Waals surface area contributed by atoms with E-state index in [4.69, 9.17) is 16.3 Å². The van der Waals surface area contributed by atoms with Crippen molar-refractivity contribution in [2.75, 3.05) is 6.61 Å². The van der Waals surface area contributed by atoms with Crippen molar-refractivity contribution >= 4 is 17.6 Å². The van der Waals surface area contributed by atoms with E-state index in [1.807, 2.05) is 20.8 Å². The van der Waals surface area contributed by atoms with Crippen LogP contribution in [0.4, 0.5) is 0 Å². The quantitative estimate of drug-likeness (QED) is 0.325. The molecule has 0 N–H and O–H groups in total. The Bertz CT molecular complexity index is 244. The maximum atomic E-state index is 11.2. The number of rotatable bonds is 4. The van der Waals surface area contributed by atoms with Gasteiger partial charge in [0.05, 0.1) is 18.6 Å². The lowest BCUT2D eigenvalue weighted by atomic mass is 10.1. The molecule has 1 unspecified atom stereocenters. The minimum Gasteiger partial charge on any atom is -0.466 e. The van der Waals surface area contributed by atoms with Crippen molar-refractivity contribution in [1.82, 2.24) is 0 Å². The summed E-state index contributed by atoms with van der Waals surface area (Å²) in [6.07, 6.45) is 0.0297. The van der Waals surface area contributed by atoms with Gasteiger partial charge in [-0.3, -0.25) is 4.79 Å². The number of carbonyl (C=O) groups excluding carboxylic acids is 1. The van der Waals surface area contributed by atoms with E-state index in [2.05, 4.69) is 10.2 Å². The van der Waals surface area contributed by atoms with Crippen LogP contribution in [-0.2, 0) is 9.53 Å². The van der Waals surface area contributed by atoms with Crippen LogP contribution in [0.5, 0.6) is 0 Å². The van der Waals surface area contributed by atoms with Gasteiger partial charge < -0.3 is 4.74 Å². The predicted molar refractivity (Wildman–Crippen MR) is 60.1 cm³/mol. The van der Waals surface area contributed by atoms with E-state index in [1.165, 1.54) is 0 Å². The number of esters is 1. The van der Waals surface area contributed by atoms with Gasteiger partial charge in [-0.25, -0.2) is 0 Å². The lowest BCUT2D eigenvalue weighted by Crippen LogP contribution is -2.21. The van der Waals surface area contributed by atoms with Crippen LogP contribution < -0.4 is 0 Å². The molecule has 0 fully saturated rings. The molecule has 0 rings (SSSR count). The molecule has 0 heterocycles. The third-order valence-electron chi connectivity index (χ3n) is 1.33. The molecular weight excluding hydrogens is 216 g/mol. The molecule has 0 spiro atoms. The number of ether oxygens (including phenoxy) is 1. The second kappa shape index (κ2) is 5.45. The highest BCUT2D eigenvalue weighted by Gasteiger charge is 2.26. The van der Waals surface area contributed by atoms with E-state index in [0.717, 1.165) is 0 Å². The molecule has 0 radical (unpaired) electrons. The van der Waals surface area contributed by atoms with Crippen molar-refractivity contribution in [2.45, 2.75) is 51.6 Å². The van der Waals surface area contributed by atoms with Gasteiger partial charge in [0, 0.05) is 0 Å². The summed E-state index contributed by atoms with van der Waals surface area (Å²) in [5.41, 5.74) is -0.287. The van der Waals surface area contributed by atoms with Crippen LogP contribution in [0.25, 0.3) is 0 Å². The van der Waals surface area contributed by atoms with Gasteiger partial charge in [-0.1, -0.05) is 11.6 Å². The fourth-order valence-electron chi connectivity index (χ4n) is 0.765. The molecule has 5 heteroatoms. The molecule has 0 aliphatic rings. The van der Waals surface area contributed by atoms with Crippen molar-refractivity contribution in [1.29, 1.82) is 0 Å². The summed E-state index contributed by atoms with van der Waals surface area (Å²) < 4.78 is 4.78. The van der Waals surface area contributed by atoms with Gasteiger partial charge in [-0.05, 0) is 34.6 Å². The first-order valence-electron chi connectivity index (χ1n) is 4.95. The zero-order chi connectivity index (χ0) is 12.1. The molecule has 0 bridgehead atoms. The fraction of sp³-hybridized carbons (Fsp3) is 0.900. The molecule has 0 aromatic carbocycles. The molecule has 0 saturated heterocycles. The Hall–Kier alpha value is -0.640. The van der Waals surface area contributed by atoms with Crippen molar-refractivity contribution in [2.24, 2.45) is 10.2 Å². The van der Waals surface area contributed by atoms with Gasteiger partial charge in [0.15, 0.2) is 5.00 Å². The summed E-state index contributed by atoms with van der Waals surface area (Å²) in [6, 6.07) is 0. The molecule has 15 heavy (non-hydrogen) atoms. The standard InChI is InChI=1S/C10H19ClN2O2/c1-6-15-8(14)7-10(5,11)13-12-9(2,3)4/h6-7H2,1-5H3. The largest absolute Gasteiger partial charge is 0.466 e. The van der Waals surface area contributed by atoms with Crippen molar-refractivity contribution in [3.63, 3.8) is 0 Å². The predicted octanol–water partition coefficient (Wildman–Crippen LogP) is 3.15. The zero-order valence-electron chi connectivity index (χ0n) is 10.0. The molecule has 0 aliphatic carbocycles. The highest BCUT2D eigenvalue weighted by molar-refractivity contribution is 6.24. The Morgan fingerprint density at radius 2 is 1.80 bits per heavy atom. The monoisotopic (exact) mass is 234 g/mol. The lowest BCUT2D eigenvalue weighted by Gasteiger charge is -2.17. The second-order valence-corrected chi connectivity index (χ2v) is 5.31. The first-order chi connectivity index (χ1) is 6.66. The zero-order valence-corrected chi connectivity index (χ0v) is 10.8. The molecule has 0 aliphatic heterocycles. The number of halogens is 1. The van der Waals surface area contributed by atoms with Crippen LogP contribution >= 0.6 is 11.6 Å². The first-order valence-corrected chi connectivity index (χ1v) is 5.33. The summed E-state index contributed by atoms with van der Waals surface area (Å²) in [5, 5.41) is 7.97. The maximum absolute atomic E-state index is 11.2. The lowest BCUT2D eigenvalue weighted by molar-refractivity contribution is -0.143. The Labute approximate surface area is 96.0 Å². The summed E-state index contributed by atoms with van der Waals surface area (Å²) in [4.78, 5) is 10.2. The number of hydrogen-bond acceptors (Lipinski definition) is 4. The molecule has 0 aromatic heterocycles. The number of hydrogen-bond donors (Lipinski definition) is 0. The number of carbonyl (C=O) groups is 1. The molecule has 4 nitrogen and oxygen atoms in total. The maximum Gasteiger partial charge on any atom is 0.309 e. The fourth-order valence-corrected chi connectivity index (χ4v) is 0.912. The van der Waals surface area contributed by atoms with Crippen LogP contribution in [0, 0.1) is 0 Å². The third-order valence-corrected chi connectivity index (χ3v) is 1.54. The SMILES string of the molecule is CCOC(=O)CC(C)(Cl)N=NC(C)(C)C. The van der Waals surface area contributed by atoms with Crippen LogP contribution in [0.15, 0.2) is 10.2 Å². The average molecular weight is 235 g/mol. The molecule has 0 saturated carbocycles. The van der Waals surface area contributed by atoms with E-state index in [0.29, 0.717) is 6.61 Å². The second-order valence-electron chi connectivity index (χ2n) is 4.50. The summed E-state index contributed by atoms with van der Waals surface area (Å²) in [6.45, 7) is 9.47. The smallest absolute Gasteiger partial charge is 0.309 e. The summed E-state index contributed by atoms with van der Waals surface area (Å²) in [5.74, 6) is -0.358. The Balaban J connectivity index is 4.30. The number of nitrogens with zero attached hydrogens (tertiary/aromatic N) is 2. The van der Waals surface area contributed by atoms with Crippen LogP contribution in [-0.4, -0.2) is 23.1 Å². The van der Waals surface area contributed by atoms with Gasteiger partial charge in [0.25, 0.3) is 0 Å². The van der Waals surface area contributed by atoms with E-state index in [-0.39, 0.29) is 17.9 Å². The third kappa shape index (κ3) is 8.36. The molecule has 1 atom stereocenters. The topological polar surface area (TPSA) is 51.0 Å². The Morgan fingerprint density at radius 1 is 1.27 bits per heavy atom. The van der Waals surface area contributed by atoms with E-state index < -0.39 is 5.00 Å². The molecular formula is C10H19ClN2O2. The van der Waals surface area contributed by atoms with Crippen molar-refractivity contribution < 1.29 is 9.53 Å². The van der Waals surface area contributed by atoms with Crippen molar-refractivity contribution in [3.8, 4) is 0 Å². The average Bonchev–Trinajstić information content (AvgIpc) is 1.99. The molecule has 0 amide bonds. The van der Waals surface area contributed by atoms with Gasteiger partial charge in [0.1, 0.15) is 0 Å². The molecule has 88 valence electrons. The minimum absolute atomic E-state index is 0.0297. The van der Waals surface area contributed by atoms with Crippen LogP contribution in [0.2, 0.25) is 0 Å². The van der Waals surface area contributed by atoms with Crippen molar-refractivity contribution in [3.05, 3.63) is 0 Å². The first kappa shape index (κ1) is 14.4. The van der Waals surface area contributed by atoms with Gasteiger partial charge in [0.2, 0.25) is 0 Å². The number of alkyl halides is 1. The van der Waals surface area contributed by atoms with E-state index in [9.17, 15) is 4.79 Å². The van der Waals surface area contributed by atoms with Gasteiger partial charge in [-0.2, -0.15) is 10.2 Å². The normalized spacial score (nSPS) is 16.4. The summed E-state index contributed by atoms with van der Waals surface area (Å²) >= 11 is 6.01. The van der Waals surface area contributed by atoms with Crippen LogP contribution in [0.3, 0.4) is 0 Å².